The summed E-state index contributed by atoms with van der Waals surface area (Å²) in [7, 11) is 0. The summed E-state index contributed by atoms with van der Waals surface area (Å²) >= 11 is 3.20. The molecule has 0 aliphatic heterocycles. The second-order valence-corrected chi connectivity index (χ2v) is 9.44. The third-order valence-electron chi connectivity index (χ3n) is 8.37. The SMILES string of the molecule is C[C@]12CCC(=O)C=C1CC[C@@H]1[C@@H]2CC[C@@]2(C)[C@H]1CC[C@@]2(O)C#CBr. The minimum atomic E-state index is -0.842. The van der Waals surface area contributed by atoms with E-state index in [2.05, 4.69) is 40.5 Å². The van der Waals surface area contributed by atoms with E-state index in [0.29, 0.717) is 30.0 Å². The van der Waals surface area contributed by atoms with Crippen LogP contribution >= 0.6 is 15.9 Å². The molecule has 130 valence electrons. The standard InChI is InChI=1S/C21H27BrO2/c1-19-8-5-15(23)13-14(19)3-4-16-17(19)6-9-20(2)18(16)7-10-21(20,24)11-12-22/h13,16-18,24H,3-10H2,1-2H3/t16-,17+,18+,19+,20+,21-/m1/s1. The number of ketones is 1. The molecule has 4 rings (SSSR count). The number of allylic oxidation sites excluding steroid dienone is 1. The Morgan fingerprint density at radius 3 is 2.62 bits per heavy atom. The number of halogens is 1. The zero-order valence-corrected chi connectivity index (χ0v) is 16.3. The minimum Gasteiger partial charge on any atom is -0.377 e. The van der Waals surface area contributed by atoms with Crippen molar-refractivity contribution in [1.82, 2.24) is 0 Å². The highest BCUT2D eigenvalue weighted by Gasteiger charge is 2.63. The average molecular weight is 391 g/mol. The molecule has 0 heterocycles. The Balaban J connectivity index is 1.69. The minimum absolute atomic E-state index is 0.0863. The molecule has 2 nitrogen and oxygen atoms in total. The van der Waals surface area contributed by atoms with Gasteiger partial charge in [0.05, 0.1) is 0 Å². The molecule has 0 saturated heterocycles. The van der Waals surface area contributed by atoms with Gasteiger partial charge in [0.15, 0.2) is 5.78 Å². The van der Waals surface area contributed by atoms with Crippen LogP contribution in [0.2, 0.25) is 0 Å². The molecule has 0 aromatic heterocycles. The zero-order valence-electron chi connectivity index (χ0n) is 14.7. The van der Waals surface area contributed by atoms with Crippen LogP contribution in [0.15, 0.2) is 11.6 Å². The lowest BCUT2D eigenvalue weighted by atomic mass is 9.46. The first-order valence-electron chi connectivity index (χ1n) is 9.43. The Labute approximate surface area is 153 Å². The molecule has 0 unspecified atom stereocenters. The van der Waals surface area contributed by atoms with Gasteiger partial charge in [-0.25, -0.2) is 0 Å². The molecule has 0 aromatic carbocycles. The molecule has 4 aliphatic carbocycles. The van der Waals surface area contributed by atoms with Gasteiger partial charge in [-0.15, -0.1) is 0 Å². The quantitative estimate of drug-likeness (QED) is 0.613. The molecule has 24 heavy (non-hydrogen) atoms. The van der Waals surface area contributed by atoms with Crippen LogP contribution in [-0.4, -0.2) is 16.5 Å². The van der Waals surface area contributed by atoms with Crippen molar-refractivity contribution in [1.29, 1.82) is 0 Å². The van der Waals surface area contributed by atoms with E-state index in [1.54, 1.807) is 0 Å². The molecule has 1 N–H and O–H groups in total. The normalized spacial score (nSPS) is 50.1. The van der Waals surface area contributed by atoms with Crippen LogP contribution in [-0.2, 0) is 4.79 Å². The lowest BCUT2D eigenvalue weighted by Crippen LogP contribution is -2.54. The molecule has 0 spiro atoms. The first-order valence-corrected chi connectivity index (χ1v) is 10.2. The molecule has 0 amide bonds. The molecule has 3 heteroatoms. The number of hydrogen-bond donors (Lipinski definition) is 1. The Bertz CT molecular complexity index is 671. The van der Waals surface area contributed by atoms with E-state index in [1.165, 1.54) is 12.0 Å². The average Bonchev–Trinajstić information content (AvgIpc) is 2.80. The molecule has 0 aromatic rings. The Morgan fingerprint density at radius 1 is 1.12 bits per heavy atom. The van der Waals surface area contributed by atoms with Crippen molar-refractivity contribution in [3.05, 3.63) is 11.6 Å². The molecule has 0 radical (unpaired) electrons. The molecule has 3 fully saturated rings. The van der Waals surface area contributed by atoms with Crippen LogP contribution in [0, 0.1) is 39.3 Å². The number of carbonyl (C=O) groups excluding carboxylic acids is 1. The zero-order chi connectivity index (χ0) is 17.2. The smallest absolute Gasteiger partial charge is 0.155 e. The van der Waals surface area contributed by atoms with Crippen molar-refractivity contribution in [3.63, 3.8) is 0 Å². The van der Waals surface area contributed by atoms with E-state index in [-0.39, 0.29) is 10.8 Å². The highest BCUT2D eigenvalue weighted by molar-refractivity contribution is 9.12. The topological polar surface area (TPSA) is 37.3 Å². The summed E-state index contributed by atoms with van der Waals surface area (Å²) < 4.78 is 0. The highest BCUT2D eigenvalue weighted by Crippen LogP contribution is 2.67. The fourth-order valence-corrected chi connectivity index (χ4v) is 7.19. The summed E-state index contributed by atoms with van der Waals surface area (Å²) in [4.78, 5) is 14.7. The monoisotopic (exact) mass is 390 g/mol. The van der Waals surface area contributed by atoms with Crippen LogP contribution in [0.1, 0.15) is 65.2 Å². The van der Waals surface area contributed by atoms with Gasteiger partial charge in [-0.3, -0.25) is 4.79 Å². The fraction of sp³-hybridized carbons (Fsp3) is 0.762. The van der Waals surface area contributed by atoms with Crippen molar-refractivity contribution in [2.45, 2.75) is 70.8 Å². The first kappa shape index (κ1) is 16.9. The first-order chi connectivity index (χ1) is 11.3. The molecular formula is C21H27BrO2. The summed E-state index contributed by atoms with van der Waals surface area (Å²) in [6, 6.07) is 0. The summed E-state index contributed by atoms with van der Waals surface area (Å²) in [5.74, 6) is 5.32. The number of fused-ring (bicyclic) bond motifs is 5. The van der Waals surface area contributed by atoms with Crippen molar-refractivity contribution >= 4 is 21.7 Å². The van der Waals surface area contributed by atoms with Crippen molar-refractivity contribution in [2.24, 2.45) is 28.6 Å². The predicted octanol–water partition coefficient (Wildman–Crippen LogP) is 4.61. The fourth-order valence-electron chi connectivity index (χ4n) is 6.86. The van der Waals surface area contributed by atoms with Gasteiger partial charge in [-0.1, -0.05) is 25.3 Å². The maximum Gasteiger partial charge on any atom is 0.155 e. The predicted molar refractivity (Wildman–Crippen MR) is 98.4 cm³/mol. The van der Waals surface area contributed by atoms with Gasteiger partial charge < -0.3 is 5.11 Å². The largest absolute Gasteiger partial charge is 0.377 e. The molecule has 0 bridgehead atoms. The summed E-state index contributed by atoms with van der Waals surface area (Å²) in [6.07, 6.45) is 10.0. The third kappa shape index (κ3) is 2.08. The Hall–Kier alpha value is -0.590. The third-order valence-corrected chi connectivity index (χ3v) is 8.57. The van der Waals surface area contributed by atoms with Gasteiger partial charge in [0.25, 0.3) is 0 Å². The lowest BCUT2D eigenvalue weighted by Gasteiger charge is -2.58. The van der Waals surface area contributed by atoms with Crippen LogP contribution < -0.4 is 0 Å². The number of hydrogen-bond acceptors (Lipinski definition) is 2. The number of carbonyl (C=O) groups is 1. The van der Waals surface area contributed by atoms with E-state index in [9.17, 15) is 9.90 Å². The van der Waals surface area contributed by atoms with E-state index in [4.69, 9.17) is 0 Å². The van der Waals surface area contributed by atoms with Crippen LogP contribution in [0.4, 0.5) is 0 Å². The van der Waals surface area contributed by atoms with Gasteiger partial charge in [0, 0.05) is 27.8 Å². The lowest BCUT2D eigenvalue weighted by molar-refractivity contribution is -0.119. The number of rotatable bonds is 0. The number of aliphatic hydroxyl groups is 1. The van der Waals surface area contributed by atoms with E-state index >= 15 is 0 Å². The van der Waals surface area contributed by atoms with Gasteiger partial charge >= 0.3 is 0 Å². The van der Waals surface area contributed by atoms with Crippen molar-refractivity contribution in [3.8, 4) is 10.8 Å². The maximum absolute atomic E-state index is 11.9. The van der Waals surface area contributed by atoms with Gasteiger partial charge in [0.1, 0.15) is 5.60 Å². The second-order valence-electron chi connectivity index (χ2n) is 9.04. The molecule has 4 aliphatic rings. The van der Waals surface area contributed by atoms with Gasteiger partial charge in [-0.2, -0.15) is 0 Å². The molecular weight excluding hydrogens is 364 g/mol. The van der Waals surface area contributed by atoms with E-state index < -0.39 is 5.60 Å². The Kier molecular flexibility index (Phi) is 3.83. The van der Waals surface area contributed by atoms with Gasteiger partial charge in [0.2, 0.25) is 0 Å². The summed E-state index contributed by atoms with van der Waals surface area (Å²) in [5.41, 5.74) is 0.694. The van der Waals surface area contributed by atoms with Crippen molar-refractivity contribution in [2.75, 3.05) is 0 Å². The molecule has 3 saturated carbocycles. The van der Waals surface area contributed by atoms with E-state index in [1.807, 2.05) is 6.08 Å². The van der Waals surface area contributed by atoms with Crippen LogP contribution in [0.25, 0.3) is 0 Å². The second kappa shape index (κ2) is 5.45. The maximum atomic E-state index is 11.9. The van der Waals surface area contributed by atoms with E-state index in [0.717, 1.165) is 38.5 Å². The van der Waals surface area contributed by atoms with Crippen LogP contribution in [0.3, 0.4) is 0 Å². The summed E-state index contributed by atoms with van der Waals surface area (Å²) in [6.45, 7) is 4.68. The summed E-state index contributed by atoms with van der Waals surface area (Å²) in [5, 5.41) is 11.2. The van der Waals surface area contributed by atoms with Crippen LogP contribution in [0.5, 0.6) is 0 Å². The van der Waals surface area contributed by atoms with Crippen molar-refractivity contribution < 1.29 is 9.90 Å². The Morgan fingerprint density at radius 2 is 1.88 bits per heavy atom. The highest BCUT2D eigenvalue weighted by atomic mass is 79.9. The van der Waals surface area contributed by atoms with Gasteiger partial charge in [-0.05, 0) is 79.0 Å². The molecule has 6 atom stereocenters.